The summed E-state index contributed by atoms with van der Waals surface area (Å²) in [6.07, 6.45) is 3.89. The Hall–Kier alpha value is -1.99. The Bertz CT molecular complexity index is 909. The molecule has 4 rings (SSSR count). The molecule has 31 heavy (non-hydrogen) atoms. The van der Waals surface area contributed by atoms with Crippen molar-refractivity contribution < 1.29 is 4.79 Å². The Morgan fingerprint density at radius 3 is 2.55 bits per heavy atom. The maximum Gasteiger partial charge on any atom is 0.231 e. The molecule has 2 aliphatic rings. The molecule has 2 atom stereocenters. The summed E-state index contributed by atoms with van der Waals surface area (Å²) in [6, 6.07) is 8.47. The van der Waals surface area contributed by atoms with Crippen molar-refractivity contribution in [3.8, 4) is 0 Å². The highest BCUT2D eigenvalue weighted by Gasteiger charge is 2.32. The number of nitrogens with zero attached hydrogens (tertiary/aromatic N) is 4. The first kappa shape index (κ1) is 22.2. The number of anilines is 1. The van der Waals surface area contributed by atoms with Crippen molar-refractivity contribution in [1.29, 1.82) is 0 Å². The second-order valence-corrected chi connectivity index (χ2v) is 9.89. The highest BCUT2D eigenvalue weighted by molar-refractivity contribution is 9.10. The summed E-state index contributed by atoms with van der Waals surface area (Å²) in [4.78, 5) is 27.0. The molecule has 1 N–H and O–H groups in total. The molecule has 0 spiro atoms. The normalized spacial score (nSPS) is 19.6. The van der Waals surface area contributed by atoms with Crippen LogP contribution in [0.5, 0.6) is 0 Å². The largest absolute Gasteiger partial charge is 0.353 e. The van der Waals surface area contributed by atoms with Crippen LogP contribution in [0.2, 0.25) is 0 Å². The van der Waals surface area contributed by atoms with E-state index < -0.39 is 0 Å². The number of hydrogen-bond donors (Lipinski definition) is 1. The molecule has 1 saturated heterocycles. The van der Waals surface area contributed by atoms with Crippen LogP contribution in [0, 0.1) is 0 Å². The van der Waals surface area contributed by atoms with Crippen molar-refractivity contribution in [3.63, 3.8) is 0 Å². The predicted octanol–water partition coefficient (Wildman–Crippen LogP) is 3.72. The smallest absolute Gasteiger partial charge is 0.231 e. The van der Waals surface area contributed by atoms with Crippen molar-refractivity contribution in [1.82, 2.24) is 20.2 Å². The molecule has 6 nitrogen and oxygen atoms in total. The van der Waals surface area contributed by atoms with Gasteiger partial charge in [-0.25, -0.2) is 9.97 Å². The van der Waals surface area contributed by atoms with Crippen LogP contribution in [0.15, 0.2) is 35.1 Å². The fraction of sp³-hybridized carbons (Fsp3) is 0.542. The van der Waals surface area contributed by atoms with Gasteiger partial charge in [0.05, 0.1) is 5.92 Å². The van der Waals surface area contributed by atoms with Crippen LogP contribution in [0.25, 0.3) is 0 Å². The number of hydrogen-bond acceptors (Lipinski definition) is 5. The van der Waals surface area contributed by atoms with E-state index in [1.165, 1.54) is 11.3 Å². The number of halogens is 1. The third-order valence-electron chi connectivity index (χ3n) is 6.44. The van der Waals surface area contributed by atoms with Gasteiger partial charge in [0.25, 0.3) is 0 Å². The highest BCUT2D eigenvalue weighted by atomic mass is 79.9. The summed E-state index contributed by atoms with van der Waals surface area (Å²) < 4.78 is 1.03. The van der Waals surface area contributed by atoms with E-state index in [0.717, 1.165) is 54.9 Å². The number of benzene rings is 1. The molecular formula is C24H32BrN5O. The Morgan fingerprint density at radius 2 is 1.87 bits per heavy atom. The fourth-order valence-electron chi connectivity index (χ4n) is 4.63. The number of carbonyl (C=O) groups is 1. The molecule has 1 aromatic heterocycles. The van der Waals surface area contributed by atoms with Gasteiger partial charge < -0.3 is 15.1 Å². The van der Waals surface area contributed by atoms with E-state index in [2.05, 4.69) is 69.0 Å². The number of carbonyl (C=O) groups excluding carboxylic acids is 1. The van der Waals surface area contributed by atoms with E-state index in [9.17, 15) is 4.79 Å². The average Bonchev–Trinajstić information content (AvgIpc) is 3.16. The Kier molecular flexibility index (Phi) is 6.92. The van der Waals surface area contributed by atoms with E-state index in [4.69, 9.17) is 0 Å². The monoisotopic (exact) mass is 485 g/mol. The molecule has 0 unspecified atom stereocenters. The van der Waals surface area contributed by atoms with E-state index in [1.807, 2.05) is 17.0 Å². The van der Waals surface area contributed by atoms with Gasteiger partial charge >= 0.3 is 0 Å². The maximum absolute atomic E-state index is 13.5. The molecule has 1 fully saturated rings. The maximum atomic E-state index is 13.5. The lowest BCUT2D eigenvalue weighted by Crippen LogP contribution is -2.51. The first-order chi connectivity index (χ1) is 14.9. The quantitative estimate of drug-likeness (QED) is 0.675. The molecule has 2 aromatic rings. The highest BCUT2D eigenvalue weighted by Crippen LogP contribution is 2.37. The SMILES string of the molecule is CC(C)NC[C@@H](C(=O)N1CCN(c2ncnc3c2[C@H](C)CC3)CC1)c1ccc(Br)cc1. The minimum atomic E-state index is -0.176. The molecule has 7 heteroatoms. The summed E-state index contributed by atoms with van der Waals surface area (Å²) in [5, 5.41) is 3.46. The van der Waals surface area contributed by atoms with Crippen LogP contribution in [-0.2, 0) is 11.2 Å². The summed E-state index contributed by atoms with van der Waals surface area (Å²) >= 11 is 3.50. The molecule has 0 radical (unpaired) electrons. The van der Waals surface area contributed by atoms with Crippen molar-refractivity contribution in [2.45, 2.75) is 51.5 Å². The molecule has 1 aromatic carbocycles. The van der Waals surface area contributed by atoms with Gasteiger partial charge in [-0.05, 0) is 36.5 Å². The first-order valence-corrected chi connectivity index (χ1v) is 12.1. The van der Waals surface area contributed by atoms with Gasteiger partial charge in [-0.3, -0.25) is 4.79 Å². The van der Waals surface area contributed by atoms with Crippen LogP contribution in [0.3, 0.4) is 0 Å². The lowest BCUT2D eigenvalue weighted by molar-refractivity contribution is -0.133. The van der Waals surface area contributed by atoms with Gasteiger partial charge in [-0.1, -0.05) is 48.8 Å². The zero-order chi connectivity index (χ0) is 22.0. The van der Waals surface area contributed by atoms with Crippen molar-refractivity contribution >= 4 is 27.7 Å². The number of piperazine rings is 1. The van der Waals surface area contributed by atoms with Crippen LogP contribution in [-0.4, -0.2) is 59.5 Å². The van der Waals surface area contributed by atoms with Gasteiger partial charge in [0.1, 0.15) is 12.1 Å². The average molecular weight is 486 g/mol. The zero-order valence-corrected chi connectivity index (χ0v) is 20.2. The summed E-state index contributed by atoms with van der Waals surface area (Å²) in [5.41, 5.74) is 3.58. The first-order valence-electron chi connectivity index (χ1n) is 11.3. The number of aromatic nitrogens is 2. The number of nitrogens with one attached hydrogen (secondary N) is 1. The Balaban J connectivity index is 1.46. The van der Waals surface area contributed by atoms with Gasteiger partial charge in [-0.2, -0.15) is 0 Å². The second kappa shape index (κ2) is 9.65. The second-order valence-electron chi connectivity index (χ2n) is 8.98. The van der Waals surface area contributed by atoms with Gasteiger partial charge in [0.2, 0.25) is 5.91 Å². The van der Waals surface area contributed by atoms with Crippen LogP contribution in [0.1, 0.15) is 55.8 Å². The minimum Gasteiger partial charge on any atom is -0.353 e. The van der Waals surface area contributed by atoms with E-state index in [-0.39, 0.29) is 11.8 Å². The van der Waals surface area contributed by atoms with E-state index >= 15 is 0 Å². The van der Waals surface area contributed by atoms with Gasteiger partial charge in [0.15, 0.2) is 0 Å². The lowest BCUT2D eigenvalue weighted by Gasteiger charge is -2.38. The molecule has 0 saturated carbocycles. The van der Waals surface area contributed by atoms with Crippen LogP contribution in [0.4, 0.5) is 5.82 Å². The molecule has 1 amide bonds. The Labute approximate surface area is 193 Å². The number of rotatable bonds is 6. The van der Waals surface area contributed by atoms with Crippen molar-refractivity contribution in [2.75, 3.05) is 37.6 Å². The summed E-state index contributed by atoms with van der Waals surface area (Å²) in [6.45, 7) is 10.2. The van der Waals surface area contributed by atoms with E-state index in [1.54, 1.807) is 6.33 Å². The zero-order valence-electron chi connectivity index (χ0n) is 18.6. The Morgan fingerprint density at radius 1 is 1.16 bits per heavy atom. The third-order valence-corrected chi connectivity index (χ3v) is 6.97. The van der Waals surface area contributed by atoms with Crippen LogP contribution >= 0.6 is 15.9 Å². The number of fused-ring (bicyclic) bond motifs is 1. The summed E-state index contributed by atoms with van der Waals surface area (Å²) in [5.74, 6) is 1.62. The topological polar surface area (TPSA) is 61.4 Å². The predicted molar refractivity (Wildman–Crippen MR) is 128 cm³/mol. The third kappa shape index (κ3) is 4.93. The lowest BCUT2D eigenvalue weighted by atomic mass is 9.96. The molecule has 0 bridgehead atoms. The van der Waals surface area contributed by atoms with E-state index in [0.29, 0.717) is 18.5 Å². The van der Waals surface area contributed by atoms with Crippen molar-refractivity contribution in [3.05, 3.63) is 51.9 Å². The van der Waals surface area contributed by atoms with Crippen LogP contribution < -0.4 is 10.2 Å². The number of aryl methyl sites for hydroxylation is 1. The molecular weight excluding hydrogens is 454 g/mol. The summed E-state index contributed by atoms with van der Waals surface area (Å²) in [7, 11) is 0. The fourth-order valence-corrected chi connectivity index (χ4v) is 4.89. The van der Waals surface area contributed by atoms with Gasteiger partial charge in [0, 0.05) is 54.5 Å². The van der Waals surface area contributed by atoms with Crippen molar-refractivity contribution in [2.24, 2.45) is 0 Å². The molecule has 1 aliphatic heterocycles. The molecule has 166 valence electrons. The molecule has 1 aliphatic carbocycles. The molecule has 2 heterocycles. The minimum absolute atomic E-state index is 0.176. The standard InChI is InChI=1S/C24H32BrN5O/c1-16(2)26-14-20(18-5-7-19(25)8-6-18)24(31)30-12-10-29(11-13-30)23-22-17(3)4-9-21(22)27-15-28-23/h5-8,15-17,20,26H,4,9-14H2,1-3H3/t17-,20-/m1/s1. The van der Waals surface area contributed by atoms with Gasteiger partial charge in [-0.15, -0.1) is 0 Å². The number of amides is 1.